The summed E-state index contributed by atoms with van der Waals surface area (Å²) in [4.78, 5) is 0. The first-order valence-electron chi connectivity index (χ1n) is 0. The molecule has 0 N–H and O–H groups in total. The maximum Gasteiger partial charge on any atom is 0 e. The van der Waals surface area contributed by atoms with E-state index in [0.29, 0.717) is 0 Å². The molecule has 13 heteroatoms. The first kappa shape index (κ1) is 149. The molecule has 39 radical (unpaired) electrons. The van der Waals surface area contributed by atoms with Crippen LogP contribution >= 0.6 is 0 Å². The van der Waals surface area contributed by atoms with E-state index >= 15 is 0 Å². The molecule has 0 aliphatic rings. The van der Waals surface area contributed by atoms with Crippen LogP contribution in [0.15, 0.2) is 0 Å². The van der Waals surface area contributed by atoms with E-state index in [4.69, 9.17) is 0 Å². The SMILES string of the molecule is [Al].[Al].[Al].[Al].[Al].[Al].[Al].[Al].[Al].[Al].[Al].[Al].[Al]. The molecule has 0 rings (SSSR count). The Morgan fingerprint density at radius 1 is 0.0769 bits per heavy atom. The van der Waals surface area contributed by atoms with Crippen LogP contribution in [0.2, 0.25) is 0 Å². The molecule has 0 fully saturated rings. The lowest BCUT2D eigenvalue weighted by atomic mass is 27.0. The summed E-state index contributed by atoms with van der Waals surface area (Å²) >= 11 is 0. The second kappa shape index (κ2) is 127. The van der Waals surface area contributed by atoms with Crippen LogP contribution in [0.1, 0.15) is 0 Å². The molecule has 0 aliphatic carbocycles. The first-order valence-corrected chi connectivity index (χ1v) is 0. The van der Waals surface area contributed by atoms with Crippen molar-refractivity contribution in [2.24, 2.45) is 0 Å². The highest BCUT2D eigenvalue weighted by atomic mass is 27.0. The predicted octanol–water partition coefficient (Wildman–Crippen LogP) is -4.95. The second-order valence-corrected chi connectivity index (χ2v) is 0. The van der Waals surface area contributed by atoms with E-state index < -0.39 is 0 Å². The maximum atomic E-state index is 0. The van der Waals surface area contributed by atoms with Crippen LogP contribution < -0.4 is 0 Å². The molecule has 0 amide bonds. The average molecular weight is 351 g/mol. The largest absolute Gasteiger partial charge is 0 e. The van der Waals surface area contributed by atoms with Crippen LogP contribution in [0.25, 0.3) is 0 Å². The van der Waals surface area contributed by atoms with Crippen molar-refractivity contribution in [3.8, 4) is 0 Å². The maximum absolute atomic E-state index is 0. The van der Waals surface area contributed by atoms with Crippen LogP contribution in [0, 0.1) is 0 Å². The molecular formula is Al13. The van der Waals surface area contributed by atoms with Gasteiger partial charge in [-0.2, -0.15) is 0 Å². The van der Waals surface area contributed by atoms with Gasteiger partial charge >= 0.3 is 0 Å². The van der Waals surface area contributed by atoms with Gasteiger partial charge in [-0.25, -0.2) is 0 Å². The molecule has 0 unspecified atom stereocenters. The van der Waals surface area contributed by atoms with Crippen molar-refractivity contribution in [3.05, 3.63) is 0 Å². The summed E-state index contributed by atoms with van der Waals surface area (Å²) in [6.45, 7) is 0. The Hall–Kier alpha value is 6.92. The molecule has 0 bridgehead atoms. The molecule has 0 saturated carbocycles. The van der Waals surface area contributed by atoms with Crippen LogP contribution in [0.5, 0.6) is 0 Å². The van der Waals surface area contributed by atoms with Gasteiger partial charge in [0.15, 0.2) is 0 Å². The molecule has 0 atom stereocenters. The molecular weight excluding hydrogens is 351 g/mol. The third-order valence-electron chi connectivity index (χ3n) is 0. The monoisotopic (exact) mass is 351 g/mol. The van der Waals surface area contributed by atoms with E-state index in [1.54, 1.807) is 0 Å². The van der Waals surface area contributed by atoms with Crippen LogP contribution in [-0.2, 0) is 0 Å². The number of hydrogen-bond acceptors (Lipinski definition) is 0. The minimum Gasteiger partial charge on any atom is 0 e. The second-order valence-electron chi connectivity index (χ2n) is 0. The third-order valence-corrected chi connectivity index (χ3v) is 0. The predicted molar refractivity (Wildman–Crippen MR) is 74.8 cm³/mol. The summed E-state index contributed by atoms with van der Waals surface area (Å²) in [5.74, 6) is 0. The van der Waals surface area contributed by atoms with E-state index in [-0.39, 0.29) is 226 Å². The molecule has 0 nitrogen and oxygen atoms in total. The first-order chi connectivity index (χ1) is 0. The fourth-order valence-electron chi connectivity index (χ4n) is 0. The van der Waals surface area contributed by atoms with E-state index in [9.17, 15) is 0 Å². The molecule has 0 aromatic heterocycles. The van der Waals surface area contributed by atoms with Crippen molar-refractivity contribution in [2.45, 2.75) is 0 Å². The zero-order valence-electron chi connectivity index (χ0n) is 7.51. The summed E-state index contributed by atoms with van der Waals surface area (Å²) in [5.41, 5.74) is 0. The topological polar surface area (TPSA) is 0 Å². The highest BCUT2D eigenvalue weighted by Crippen LogP contribution is -0.369. The summed E-state index contributed by atoms with van der Waals surface area (Å²) in [6, 6.07) is 0. The Morgan fingerprint density at radius 2 is 0.0769 bits per heavy atom. The van der Waals surface area contributed by atoms with E-state index in [1.807, 2.05) is 0 Å². The summed E-state index contributed by atoms with van der Waals surface area (Å²) in [6.07, 6.45) is 0. The number of rotatable bonds is 0. The Bertz CT molecular complexity index is 0. The fourth-order valence-corrected chi connectivity index (χ4v) is 0. The Balaban J connectivity index is 0. The fraction of sp³-hybridized carbons (Fsp3) is 0. The summed E-state index contributed by atoms with van der Waals surface area (Å²) in [7, 11) is 0. The van der Waals surface area contributed by atoms with Gasteiger partial charge < -0.3 is 0 Å². The normalized spacial score (nSPS) is 0. The van der Waals surface area contributed by atoms with Crippen molar-refractivity contribution in [1.29, 1.82) is 0 Å². The van der Waals surface area contributed by atoms with Crippen LogP contribution in [0.4, 0.5) is 0 Å². The molecule has 39 valence electrons. The third kappa shape index (κ3) is 113. The minimum atomic E-state index is 0. The molecule has 0 heterocycles. The average Bonchev–Trinajstić information content (AvgIpc) is 0. The van der Waals surface area contributed by atoms with Crippen molar-refractivity contribution >= 4 is 226 Å². The highest BCUT2D eigenvalue weighted by Gasteiger charge is 0.0120. The molecule has 0 spiro atoms. The molecule has 0 aromatic rings. The van der Waals surface area contributed by atoms with Gasteiger partial charge in [0.05, 0.1) is 0 Å². The quantitative estimate of drug-likeness (QED) is 0.384. The molecule has 0 aromatic carbocycles. The Morgan fingerprint density at radius 3 is 0.0769 bits per heavy atom. The van der Waals surface area contributed by atoms with Gasteiger partial charge in [0.2, 0.25) is 0 Å². The van der Waals surface area contributed by atoms with Gasteiger partial charge in [0.1, 0.15) is 0 Å². The summed E-state index contributed by atoms with van der Waals surface area (Å²) < 4.78 is 0. The lowest BCUT2D eigenvalue weighted by Gasteiger charge is -0.00100. The van der Waals surface area contributed by atoms with Crippen molar-refractivity contribution in [3.63, 3.8) is 0 Å². The van der Waals surface area contributed by atoms with E-state index in [2.05, 4.69) is 0 Å². The molecule has 0 saturated heterocycles. The van der Waals surface area contributed by atoms with Crippen molar-refractivity contribution in [1.82, 2.24) is 0 Å². The van der Waals surface area contributed by atoms with Gasteiger partial charge in [-0.15, -0.1) is 0 Å². The number of hydrogen-bond donors (Lipinski definition) is 0. The summed E-state index contributed by atoms with van der Waals surface area (Å²) in [5, 5.41) is 0. The van der Waals surface area contributed by atoms with Crippen molar-refractivity contribution in [2.75, 3.05) is 0 Å². The van der Waals surface area contributed by atoms with Gasteiger partial charge in [0.25, 0.3) is 0 Å². The lowest BCUT2D eigenvalue weighted by molar-refractivity contribution is 5.75. The molecule has 0 aliphatic heterocycles. The Labute approximate surface area is 221 Å². The van der Waals surface area contributed by atoms with E-state index in [1.165, 1.54) is 0 Å². The van der Waals surface area contributed by atoms with Crippen LogP contribution in [-0.4, -0.2) is 226 Å². The standard InChI is InChI=1S/13Al. The minimum absolute atomic E-state index is 0. The Kier molecular flexibility index (Phi) is 1450. The van der Waals surface area contributed by atoms with Gasteiger partial charge in [0, 0.05) is 226 Å². The van der Waals surface area contributed by atoms with E-state index in [0.717, 1.165) is 0 Å². The zero-order chi connectivity index (χ0) is 0. The smallest absolute Gasteiger partial charge is 0 e. The lowest BCUT2D eigenvalue weighted by Crippen LogP contribution is -0.382. The van der Waals surface area contributed by atoms with Gasteiger partial charge in [-0.1, -0.05) is 0 Å². The van der Waals surface area contributed by atoms with Crippen molar-refractivity contribution < 1.29 is 0 Å². The van der Waals surface area contributed by atoms with Gasteiger partial charge in [-0.3, -0.25) is 0 Å². The van der Waals surface area contributed by atoms with Gasteiger partial charge in [-0.05, 0) is 0 Å². The van der Waals surface area contributed by atoms with Crippen LogP contribution in [0.3, 0.4) is 0 Å². The zero-order valence-corrected chi connectivity index (χ0v) is 22.5. The molecule has 13 heavy (non-hydrogen) atoms. The highest BCUT2D eigenvalue weighted by molar-refractivity contribution is 5.77.